The molecule has 0 amide bonds. The Morgan fingerprint density at radius 2 is 1.81 bits per heavy atom. The summed E-state index contributed by atoms with van der Waals surface area (Å²) < 4.78 is 0. The molecule has 26 heavy (non-hydrogen) atoms. The Hall–Kier alpha value is -2.02. The number of benzene rings is 1. The van der Waals surface area contributed by atoms with E-state index >= 15 is 0 Å². The molecular weight excluding hydrogens is 314 g/mol. The molecule has 0 saturated heterocycles. The maximum absolute atomic E-state index is 6.64. The average molecular weight is 344 g/mol. The average Bonchev–Trinajstić information content (AvgIpc) is 3.02. The molecule has 2 unspecified atom stereocenters. The van der Waals surface area contributed by atoms with E-state index in [0.29, 0.717) is 11.8 Å². The zero-order valence-corrected chi connectivity index (χ0v) is 15.6. The minimum Gasteiger partial charge on any atom is -0.402 e. The van der Waals surface area contributed by atoms with Crippen LogP contribution in [0.25, 0.3) is 0 Å². The van der Waals surface area contributed by atoms with Gasteiger partial charge in [0, 0.05) is 17.0 Å². The number of hydrogen-bond donors (Lipinski definition) is 1. The van der Waals surface area contributed by atoms with Crippen molar-refractivity contribution in [3.05, 3.63) is 82.6 Å². The van der Waals surface area contributed by atoms with Crippen molar-refractivity contribution in [2.45, 2.75) is 56.8 Å². The minimum atomic E-state index is 0.0531. The third kappa shape index (κ3) is 2.16. The summed E-state index contributed by atoms with van der Waals surface area (Å²) in [5.41, 5.74) is 14.1. The lowest BCUT2D eigenvalue weighted by Crippen LogP contribution is -2.37. The van der Waals surface area contributed by atoms with Gasteiger partial charge in [-0.25, -0.2) is 0 Å². The van der Waals surface area contributed by atoms with Crippen LogP contribution >= 0.6 is 0 Å². The molecule has 1 aromatic carbocycles. The monoisotopic (exact) mass is 343 g/mol. The number of hydrogen-bond acceptors (Lipinski definition) is 1. The van der Waals surface area contributed by atoms with Gasteiger partial charge in [-0.3, -0.25) is 0 Å². The molecule has 2 N–H and O–H groups in total. The van der Waals surface area contributed by atoms with E-state index in [1.807, 2.05) is 0 Å². The maximum Gasteiger partial charge on any atom is 0.0448 e. The zero-order chi connectivity index (χ0) is 17.6. The van der Waals surface area contributed by atoms with Crippen molar-refractivity contribution in [1.82, 2.24) is 0 Å². The predicted octanol–water partition coefficient (Wildman–Crippen LogP) is 5.95. The lowest BCUT2D eigenvalue weighted by Gasteiger charge is -2.43. The molecule has 0 bridgehead atoms. The summed E-state index contributed by atoms with van der Waals surface area (Å²) in [5.74, 6) is 1.12. The van der Waals surface area contributed by atoms with E-state index in [1.165, 1.54) is 49.7 Å². The summed E-state index contributed by atoms with van der Waals surface area (Å²) in [6, 6.07) is 11.4. The first-order valence-corrected chi connectivity index (χ1v) is 10.4. The van der Waals surface area contributed by atoms with E-state index in [9.17, 15) is 0 Å². The molecule has 1 saturated carbocycles. The summed E-state index contributed by atoms with van der Waals surface area (Å²) in [7, 11) is 0. The van der Waals surface area contributed by atoms with E-state index in [2.05, 4.69) is 54.6 Å². The Labute approximate surface area is 157 Å². The van der Waals surface area contributed by atoms with Crippen molar-refractivity contribution in [1.29, 1.82) is 0 Å². The molecule has 5 rings (SSSR count). The van der Waals surface area contributed by atoms with Gasteiger partial charge in [0.2, 0.25) is 0 Å². The van der Waals surface area contributed by atoms with Gasteiger partial charge in [0.25, 0.3) is 0 Å². The molecule has 1 fully saturated rings. The largest absolute Gasteiger partial charge is 0.402 e. The molecule has 4 aliphatic carbocycles. The Morgan fingerprint density at radius 1 is 0.923 bits per heavy atom. The lowest BCUT2D eigenvalue weighted by atomic mass is 9.60. The van der Waals surface area contributed by atoms with E-state index in [-0.39, 0.29) is 5.41 Å². The fourth-order valence-electron chi connectivity index (χ4n) is 6.24. The van der Waals surface area contributed by atoms with Gasteiger partial charge >= 0.3 is 0 Å². The molecule has 0 aromatic heterocycles. The second-order valence-corrected chi connectivity index (χ2v) is 8.38. The van der Waals surface area contributed by atoms with Crippen molar-refractivity contribution < 1.29 is 0 Å². The van der Waals surface area contributed by atoms with E-state index in [1.54, 1.807) is 11.1 Å². The summed E-state index contributed by atoms with van der Waals surface area (Å²) in [4.78, 5) is 0. The van der Waals surface area contributed by atoms with E-state index in [0.717, 1.165) is 18.5 Å². The van der Waals surface area contributed by atoms with E-state index < -0.39 is 0 Å². The van der Waals surface area contributed by atoms with Crippen LogP contribution < -0.4 is 5.73 Å². The first-order chi connectivity index (χ1) is 12.8. The SMILES string of the molecule is NC1=C2C(=CCC1)[C@](C1=CCCCC1)(c1ccccc1)C1CCC=CC21. The van der Waals surface area contributed by atoms with Gasteiger partial charge in [-0.05, 0) is 74.0 Å². The van der Waals surface area contributed by atoms with Crippen molar-refractivity contribution >= 4 is 0 Å². The van der Waals surface area contributed by atoms with Crippen LogP contribution in [-0.4, -0.2) is 0 Å². The quantitative estimate of drug-likeness (QED) is 0.659. The molecule has 3 atom stereocenters. The number of fused-ring (bicyclic) bond motifs is 3. The second kappa shape index (κ2) is 6.30. The van der Waals surface area contributed by atoms with E-state index in [4.69, 9.17) is 5.73 Å². The number of allylic oxidation sites excluding steroid dienone is 8. The summed E-state index contributed by atoms with van der Waals surface area (Å²) >= 11 is 0. The highest BCUT2D eigenvalue weighted by Crippen LogP contribution is 2.64. The van der Waals surface area contributed by atoms with Gasteiger partial charge in [-0.15, -0.1) is 0 Å². The van der Waals surface area contributed by atoms with Crippen LogP contribution in [0, 0.1) is 11.8 Å². The van der Waals surface area contributed by atoms with Gasteiger partial charge < -0.3 is 5.73 Å². The molecule has 0 spiro atoms. The van der Waals surface area contributed by atoms with Gasteiger partial charge in [-0.1, -0.05) is 60.2 Å². The third-order valence-electron chi connectivity index (χ3n) is 7.16. The standard InChI is InChI=1S/C25H29N/c26-23-17-9-16-22-24(23)20-14-7-8-15-21(20)25(22,18-10-3-1-4-11-18)19-12-5-2-6-13-19/h1,3-4,7,10-12,14,16,20-21H,2,5-6,8-9,13,15,17,26H2/t20?,21?,25-/m0/s1. The first-order valence-electron chi connectivity index (χ1n) is 10.4. The molecule has 1 aromatic rings. The van der Waals surface area contributed by atoms with Gasteiger partial charge in [0.05, 0.1) is 0 Å². The van der Waals surface area contributed by atoms with Crippen molar-refractivity contribution in [3.8, 4) is 0 Å². The summed E-state index contributed by atoms with van der Waals surface area (Å²) in [6.45, 7) is 0. The molecule has 134 valence electrons. The number of rotatable bonds is 2. The topological polar surface area (TPSA) is 26.0 Å². The second-order valence-electron chi connectivity index (χ2n) is 8.38. The van der Waals surface area contributed by atoms with Crippen LogP contribution in [0.1, 0.15) is 56.9 Å². The number of nitrogens with two attached hydrogens (primary N) is 1. The zero-order valence-electron chi connectivity index (χ0n) is 15.6. The molecular formula is C25H29N. The molecule has 0 radical (unpaired) electrons. The van der Waals surface area contributed by atoms with Crippen LogP contribution in [0.2, 0.25) is 0 Å². The van der Waals surface area contributed by atoms with Crippen LogP contribution in [-0.2, 0) is 5.41 Å². The minimum absolute atomic E-state index is 0.0531. The highest BCUT2D eigenvalue weighted by Gasteiger charge is 2.57. The van der Waals surface area contributed by atoms with Crippen LogP contribution in [0.5, 0.6) is 0 Å². The first kappa shape index (κ1) is 16.2. The fraction of sp³-hybridized carbons (Fsp3) is 0.440. The molecule has 1 nitrogen and oxygen atoms in total. The summed E-state index contributed by atoms with van der Waals surface area (Å²) in [5, 5.41) is 0. The Balaban J connectivity index is 1.82. The normalized spacial score (nSPS) is 33.4. The molecule has 0 heterocycles. The Bertz CT molecular complexity index is 823. The maximum atomic E-state index is 6.64. The predicted molar refractivity (Wildman–Crippen MR) is 109 cm³/mol. The van der Waals surface area contributed by atoms with Crippen molar-refractivity contribution in [2.75, 3.05) is 0 Å². The van der Waals surface area contributed by atoms with Gasteiger partial charge in [0.1, 0.15) is 0 Å². The molecule has 0 aliphatic heterocycles. The lowest BCUT2D eigenvalue weighted by molar-refractivity contribution is 0.316. The molecule has 1 heteroatoms. The van der Waals surface area contributed by atoms with Crippen LogP contribution in [0.3, 0.4) is 0 Å². The van der Waals surface area contributed by atoms with Crippen molar-refractivity contribution in [3.63, 3.8) is 0 Å². The Morgan fingerprint density at radius 3 is 2.62 bits per heavy atom. The molecule has 4 aliphatic rings. The third-order valence-corrected chi connectivity index (χ3v) is 7.16. The highest BCUT2D eigenvalue weighted by atomic mass is 14.7. The Kier molecular flexibility index (Phi) is 3.92. The van der Waals surface area contributed by atoms with Crippen LogP contribution in [0.15, 0.2) is 77.1 Å². The van der Waals surface area contributed by atoms with Gasteiger partial charge in [-0.2, -0.15) is 0 Å². The smallest absolute Gasteiger partial charge is 0.0448 e. The fourth-order valence-corrected chi connectivity index (χ4v) is 6.24. The summed E-state index contributed by atoms with van der Waals surface area (Å²) in [6.07, 6.45) is 19.7. The van der Waals surface area contributed by atoms with Crippen molar-refractivity contribution in [2.24, 2.45) is 17.6 Å². The highest BCUT2D eigenvalue weighted by molar-refractivity contribution is 5.64. The van der Waals surface area contributed by atoms with Gasteiger partial charge in [0.15, 0.2) is 0 Å². The van der Waals surface area contributed by atoms with Crippen LogP contribution in [0.4, 0.5) is 0 Å².